The molecule has 29 heavy (non-hydrogen) atoms. The number of aliphatic imine (C=N–C) groups is 1. The summed E-state index contributed by atoms with van der Waals surface area (Å²) in [6.07, 6.45) is 1.85. The van der Waals surface area contributed by atoms with E-state index in [2.05, 4.69) is 10.3 Å². The highest BCUT2D eigenvalue weighted by Gasteiger charge is 2.46. The normalized spacial score (nSPS) is 20.1. The fourth-order valence-electron chi connectivity index (χ4n) is 3.05. The number of non-ortho nitro benzene ring substituents is 1. The second-order valence-electron chi connectivity index (χ2n) is 6.84. The fraction of sp³-hybridized carbons (Fsp3) is 0.250. The average molecular weight is 410 g/mol. The lowest BCUT2D eigenvalue weighted by Gasteiger charge is -2.15. The number of amides is 2. The minimum atomic E-state index is -0.559. The zero-order chi connectivity index (χ0) is 20.4. The number of nitrogens with zero attached hydrogens (tertiary/aromatic N) is 3. The zero-order valence-electron chi connectivity index (χ0n) is 15.4. The van der Waals surface area contributed by atoms with Gasteiger partial charge < -0.3 is 5.32 Å². The van der Waals surface area contributed by atoms with E-state index in [1.165, 1.54) is 30.0 Å². The lowest BCUT2D eigenvalue weighted by molar-refractivity contribution is -0.384. The van der Waals surface area contributed by atoms with Gasteiger partial charge in [-0.05, 0) is 31.0 Å². The van der Waals surface area contributed by atoms with Gasteiger partial charge in [-0.3, -0.25) is 24.6 Å². The topological polar surface area (TPSA) is 105 Å². The molecule has 2 aliphatic rings. The second-order valence-corrected chi connectivity index (χ2v) is 8.01. The summed E-state index contributed by atoms with van der Waals surface area (Å²) in [6.45, 7) is 0. The fourth-order valence-corrected chi connectivity index (χ4v) is 4.27. The highest BCUT2D eigenvalue weighted by molar-refractivity contribution is 8.15. The number of nitro benzene ring substituents is 1. The Morgan fingerprint density at radius 1 is 1.21 bits per heavy atom. The third-order valence-corrected chi connectivity index (χ3v) is 5.72. The summed E-state index contributed by atoms with van der Waals surface area (Å²) in [7, 11) is 0. The highest BCUT2D eigenvalue weighted by atomic mass is 32.2. The van der Waals surface area contributed by atoms with Crippen LogP contribution in [-0.4, -0.2) is 38.1 Å². The van der Waals surface area contributed by atoms with Crippen molar-refractivity contribution in [2.45, 2.75) is 30.6 Å². The van der Waals surface area contributed by atoms with Crippen LogP contribution in [0.1, 0.15) is 19.3 Å². The molecule has 0 bridgehead atoms. The quantitative estimate of drug-likeness (QED) is 0.577. The number of hydrogen-bond acceptors (Lipinski definition) is 6. The molecule has 1 atom stereocenters. The van der Waals surface area contributed by atoms with Crippen molar-refractivity contribution in [3.8, 4) is 0 Å². The van der Waals surface area contributed by atoms with Crippen molar-refractivity contribution >= 4 is 45.8 Å². The molecule has 1 aliphatic heterocycles. The van der Waals surface area contributed by atoms with Gasteiger partial charge in [0.2, 0.25) is 11.8 Å². The Labute approximate surface area is 171 Å². The van der Waals surface area contributed by atoms with Gasteiger partial charge in [0.25, 0.3) is 5.69 Å². The van der Waals surface area contributed by atoms with Crippen LogP contribution in [0.15, 0.2) is 59.6 Å². The molecule has 4 rings (SSSR count). The number of amidine groups is 1. The monoisotopic (exact) mass is 410 g/mol. The SMILES string of the molecule is O=C(C[C@@H]1SC(=Nc2ccccc2)N(C2CC2)C1=O)Nc1cccc([N+](=O)[O-])c1. The van der Waals surface area contributed by atoms with Gasteiger partial charge in [-0.25, -0.2) is 4.99 Å². The number of hydrogen-bond donors (Lipinski definition) is 1. The molecule has 1 heterocycles. The molecule has 8 nitrogen and oxygen atoms in total. The molecule has 1 aliphatic carbocycles. The molecule has 1 saturated heterocycles. The third-order valence-electron chi connectivity index (χ3n) is 4.57. The van der Waals surface area contributed by atoms with Gasteiger partial charge in [-0.1, -0.05) is 36.0 Å². The molecule has 2 amide bonds. The Hall–Kier alpha value is -3.20. The van der Waals surface area contributed by atoms with Crippen LogP contribution in [-0.2, 0) is 9.59 Å². The Balaban J connectivity index is 1.46. The summed E-state index contributed by atoms with van der Waals surface area (Å²) in [5, 5.41) is 13.6. The van der Waals surface area contributed by atoms with Crippen LogP contribution < -0.4 is 5.32 Å². The van der Waals surface area contributed by atoms with Crippen LogP contribution >= 0.6 is 11.8 Å². The van der Waals surface area contributed by atoms with E-state index in [1.54, 1.807) is 11.0 Å². The zero-order valence-corrected chi connectivity index (χ0v) is 16.2. The van der Waals surface area contributed by atoms with Gasteiger partial charge >= 0.3 is 0 Å². The first-order valence-electron chi connectivity index (χ1n) is 9.19. The van der Waals surface area contributed by atoms with Crippen molar-refractivity contribution in [1.82, 2.24) is 4.90 Å². The summed E-state index contributed by atoms with van der Waals surface area (Å²) in [6, 6.07) is 15.3. The van der Waals surface area contributed by atoms with Crippen LogP contribution in [0.4, 0.5) is 17.1 Å². The van der Waals surface area contributed by atoms with Gasteiger partial charge in [0, 0.05) is 30.3 Å². The number of anilines is 1. The Morgan fingerprint density at radius 3 is 2.66 bits per heavy atom. The number of nitrogens with one attached hydrogen (secondary N) is 1. The predicted molar refractivity (Wildman–Crippen MR) is 111 cm³/mol. The summed E-state index contributed by atoms with van der Waals surface area (Å²) in [5.41, 5.74) is 0.985. The first-order chi connectivity index (χ1) is 14.0. The summed E-state index contributed by atoms with van der Waals surface area (Å²) in [5.74, 6) is -0.477. The number of thioether (sulfide) groups is 1. The van der Waals surface area contributed by atoms with Crippen LogP contribution in [0.3, 0.4) is 0 Å². The largest absolute Gasteiger partial charge is 0.326 e. The van der Waals surface area contributed by atoms with Gasteiger partial charge in [0.1, 0.15) is 5.25 Å². The molecule has 1 saturated carbocycles. The van der Waals surface area contributed by atoms with E-state index in [4.69, 9.17) is 0 Å². The van der Waals surface area contributed by atoms with E-state index in [9.17, 15) is 19.7 Å². The predicted octanol–water partition coefficient (Wildman–Crippen LogP) is 3.72. The van der Waals surface area contributed by atoms with Crippen LogP contribution in [0, 0.1) is 10.1 Å². The summed E-state index contributed by atoms with van der Waals surface area (Å²) < 4.78 is 0. The Morgan fingerprint density at radius 2 is 1.97 bits per heavy atom. The number of rotatable bonds is 6. The average Bonchev–Trinajstić information content (AvgIpc) is 3.49. The van der Waals surface area contributed by atoms with Crippen molar-refractivity contribution in [2.75, 3.05) is 5.32 Å². The van der Waals surface area contributed by atoms with Crippen molar-refractivity contribution in [1.29, 1.82) is 0 Å². The van der Waals surface area contributed by atoms with E-state index in [0.29, 0.717) is 10.9 Å². The van der Waals surface area contributed by atoms with Crippen LogP contribution in [0.2, 0.25) is 0 Å². The first-order valence-corrected chi connectivity index (χ1v) is 10.1. The number of nitro groups is 1. The molecule has 2 fully saturated rings. The molecule has 2 aromatic carbocycles. The minimum absolute atomic E-state index is 0.0246. The van der Waals surface area contributed by atoms with Crippen molar-refractivity contribution < 1.29 is 14.5 Å². The maximum Gasteiger partial charge on any atom is 0.271 e. The maximum atomic E-state index is 12.9. The Kier molecular flexibility index (Phi) is 5.30. The molecular weight excluding hydrogens is 392 g/mol. The molecule has 2 aromatic rings. The van der Waals surface area contributed by atoms with Crippen LogP contribution in [0.5, 0.6) is 0 Å². The third kappa shape index (κ3) is 4.45. The van der Waals surface area contributed by atoms with E-state index >= 15 is 0 Å². The van der Waals surface area contributed by atoms with E-state index < -0.39 is 10.2 Å². The second kappa shape index (κ2) is 8.04. The molecule has 9 heteroatoms. The molecule has 148 valence electrons. The molecule has 0 unspecified atom stereocenters. The molecule has 1 N–H and O–H groups in total. The molecule has 0 aromatic heterocycles. The maximum absolute atomic E-state index is 12.9. The van der Waals surface area contributed by atoms with Crippen molar-refractivity contribution in [3.05, 3.63) is 64.7 Å². The lowest BCUT2D eigenvalue weighted by atomic mass is 10.2. The van der Waals surface area contributed by atoms with Gasteiger partial charge in [-0.2, -0.15) is 0 Å². The van der Waals surface area contributed by atoms with Gasteiger partial charge in [0.05, 0.1) is 10.6 Å². The van der Waals surface area contributed by atoms with E-state index in [1.807, 2.05) is 30.3 Å². The van der Waals surface area contributed by atoms with Crippen molar-refractivity contribution in [3.63, 3.8) is 0 Å². The summed E-state index contributed by atoms with van der Waals surface area (Å²) >= 11 is 1.29. The number of carbonyl (C=O) groups excluding carboxylic acids is 2. The Bertz CT molecular complexity index is 991. The first kappa shape index (κ1) is 19.1. The minimum Gasteiger partial charge on any atom is -0.326 e. The highest BCUT2D eigenvalue weighted by Crippen LogP contribution is 2.39. The number of carbonyl (C=O) groups is 2. The number of para-hydroxylation sites is 1. The van der Waals surface area contributed by atoms with Gasteiger partial charge in [-0.15, -0.1) is 0 Å². The smallest absolute Gasteiger partial charge is 0.271 e. The summed E-state index contributed by atoms with van der Waals surface area (Å²) in [4.78, 5) is 42.0. The van der Waals surface area contributed by atoms with Crippen LogP contribution in [0.25, 0.3) is 0 Å². The van der Waals surface area contributed by atoms with Gasteiger partial charge in [0.15, 0.2) is 5.17 Å². The lowest BCUT2D eigenvalue weighted by Crippen LogP contribution is -2.35. The van der Waals surface area contributed by atoms with Crippen molar-refractivity contribution in [2.24, 2.45) is 4.99 Å². The van der Waals surface area contributed by atoms with E-state index in [-0.39, 0.29) is 30.0 Å². The molecule has 0 radical (unpaired) electrons. The molecule has 0 spiro atoms. The standard InChI is InChI=1S/C20H18N4O4S/c25-18(21-14-7-4-8-16(11-14)24(27)28)12-17-19(26)23(15-9-10-15)20(29-17)22-13-5-2-1-3-6-13/h1-8,11,15,17H,9-10,12H2,(H,21,25)/t17-/m0/s1. The number of benzene rings is 2. The molecular formula is C20H18N4O4S. The van der Waals surface area contributed by atoms with E-state index in [0.717, 1.165) is 18.5 Å².